The number of benzene rings is 1. The van der Waals surface area contributed by atoms with Gasteiger partial charge in [0.1, 0.15) is 18.4 Å². The summed E-state index contributed by atoms with van der Waals surface area (Å²) in [6.07, 6.45) is 1.75. The summed E-state index contributed by atoms with van der Waals surface area (Å²) in [7, 11) is 0. The summed E-state index contributed by atoms with van der Waals surface area (Å²) in [5, 5.41) is 9.70. The van der Waals surface area contributed by atoms with Crippen LogP contribution in [0.1, 0.15) is 22.9 Å². The number of aryl methyl sites for hydroxylation is 1. The largest absolute Gasteiger partial charge is 0.492 e. The van der Waals surface area contributed by atoms with Crippen molar-refractivity contribution in [1.29, 1.82) is 0 Å². The molecular formula is C17H18N2O3. The van der Waals surface area contributed by atoms with Gasteiger partial charge in [-0.2, -0.15) is 0 Å². The molecule has 114 valence electrons. The summed E-state index contributed by atoms with van der Waals surface area (Å²) in [5.41, 5.74) is 2.68. The molecular weight excluding hydrogens is 280 g/mol. The van der Waals surface area contributed by atoms with Gasteiger partial charge in [-0.15, -0.1) is 0 Å². The highest BCUT2D eigenvalue weighted by Crippen LogP contribution is 2.32. The van der Waals surface area contributed by atoms with E-state index in [9.17, 15) is 9.90 Å². The normalized spacial score (nSPS) is 18.1. The standard InChI is InChI=1S/C17H18N2O3/c1-12-6-7-18-13(10-12)11-19-8-9-22-15-5-3-2-4-14(15)16(19)17(20)21/h2-7,10,16H,8-9,11H2,1H3,(H,20,21). The van der Waals surface area contributed by atoms with Gasteiger partial charge in [-0.3, -0.25) is 14.7 Å². The van der Waals surface area contributed by atoms with Gasteiger partial charge in [0.2, 0.25) is 0 Å². The number of fused-ring (bicyclic) bond motifs is 1. The maximum absolute atomic E-state index is 11.8. The monoisotopic (exact) mass is 298 g/mol. The number of pyridine rings is 1. The third-order valence-electron chi connectivity index (χ3n) is 3.79. The van der Waals surface area contributed by atoms with Crippen molar-refractivity contribution < 1.29 is 14.6 Å². The fraction of sp³-hybridized carbons (Fsp3) is 0.294. The van der Waals surface area contributed by atoms with Gasteiger partial charge >= 0.3 is 5.97 Å². The van der Waals surface area contributed by atoms with Crippen LogP contribution < -0.4 is 4.74 Å². The lowest BCUT2D eigenvalue weighted by atomic mass is 10.0. The minimum Gasteiger partial charge on any atom is -0.492 e. The molecule has 1 unspecified atom stereocenters. The number of ether oxygens (including phenoxy) is 1. The Morgan fingerprint density at radius 2 is 2.23 bits per heavy atom. The van der Waals surface area contributed by atoms with Crippen molar-refractivity contribution >= 4 is 5.97 Å². The number of hydrogen-bond donors (Lipinski definition) is 1. The predicted octanol–water partition coefficient (Wildman–Crippen LogP) is 2.41. The number of rotatable bonds is 3. The Labute approximate surface area is 129 Å². The highest BCUT2D eigenvalue weighted by Gasteiger charge is 2.32. The van der Waals surface area contributed by atoms with Crippen molar-refractivity contribution in [2.45, 2.75) is 19.5 Å². The van der Waals surface area contributed by atoms with E-state index >= 15 is 0 Å². The molecule has 1 aliphatic rings. The van der Waals surface area contributed by atoms with Gasteiger partial charge in [0.25, 0.3) is 0 Å². The van der Waals surface area contributed by atoms with E-state index in [2.05, 4.69) is 4.98 Å². The van der Waals surface area contributed by atoms with Crippen LogP contribution in [0.2, 0.25) is 0 Å². The fourth-order valence-electron chi connectivity index (χ4n) is 2.79. The maximum Gasteiger partial charge on any atom is 0.325 e. The average Bonchev–Trinajstić information content (AvgIpc) is 2.66. The first-order valence-electron chi connectivity index (χ1n) is 7.25. The number of aliphatic carboxylic acids is 1. The first-order chi connectivity index (χ1) is 10.6. The molecule has 0 spiro atoms. The molecule has 2 aromatic rings. The topological polar surface area (TPSA) is 62.7 Å². The van der Waals surface area contributed by atoms with Crippen molar-refractivity contribution in [3.05, 3.63) is 59.4 Å². The molecule has 22 heavy (non-hydrogen) atoms. The van der Waals surface area contributed by atoms with E-state index in [1.54, 1.807) is 6.20 Å². The molecule has 1 N–H and O–H groups in total. The maximum atomic E-state index is 11.8. The van der Waals surface area contributed by atoms with Crippen LogP contribution in [0.5, 0.6) is 5.75 Å². The second-order valence-corrected chi connectivity index (χ2v) is 5.42. The molecule has 1 aromatic heterocycles. The van der Waals surface area contributed by atoms with Crippen molar-refractivity contribution in [2.24, 2.45) is 0 Å². The third-order valence-corrected chi connectivity index (χ3v) is 3.79. The molecule has 5 heteroatoms. The number of para-hydroxylation sites is 1. The number of carbonyl (C=O) groups is 1. The highest BCUT2D eigenvalue weighted by molar-refractivity contribution is 5.76. The molecule has 0 bridgehead atoms. The Balaban J connectivity index is 1.94. The summed E-state index contributed by atoms with van der Waals surface area (Å²) in [6.45, 7) is 3.49. The van der Waals surface area contributed by atoms with Gasteiger partial charge < -0.3 is 9.84 Å². The van der Waals surface area contributed by atoms with Gasteiger partial charge in [-0.05, 0) is 30.7 Å². The van der Waals surface area contributed by atoms with Crippen LogP contribution in [-0.2, 0) is 11.3 Å². The van der Waals surface area contributed by atoms with Gasteiger partial charge in [0, 0.05) is 24.8 Å². The van der Waals surface area contributed by atoms with Crippen LogP contribution in [0.25, 0.3) is 0 Å². The van der Waals surface area contributed by atoms with E-state index in [1.165, 1.54) is 0 Å². The highest BCUT2D eigenvalue weighted by atomic mass is 16.5. The van der Waals surface area contributed by atoms with Crippen molar-refractivity contribution in [3.8, 4) is 5.75 Å². The third kappa shape index (κ3) is 2.94. The summed E-state index contributed by atoms with van der Waals surface area (Å²) in [5.74, 6) is -0.222. The Kier molecular flexibility index (Phi) is 4.06. The summed E-state index contributed by atoms with van der Waals surface area (Å²) in [4.78, 5) is 18.1. The molecule has 0 saturated carbocycles. The van der Waals surface area contributed by atoms with E-state index < -0.39 is 12.0 Å². The van der Waals surface area contributed by atoms with Crippen LogP contribution in [0, 0.1) is 6.92 Å². The molecule has 0 fully saturated rings. The Morgan fingerprint density at radius 3 is 3.00 bits per heavy atom. The first kappa shape index (κ1) is 14.5. The van der Waals surface area contributed by atoms with Crippen LogP contribution in [0.3, 0.4) is 0 Å². The lowest BCUT2D eigenvalue weighted by Gasteiger charge is -2.26. The van der Waals surface area contributed by atoms with Crippen LogP contribution >= 0.6 is 0 Å². The average molecular weight is 298 g/mol. The first-order valence-corrected chi connectivity index (χ1v) is 7.25. The lowest BCUT2D eigenvalue weighted by molar-refractivity contribution is -0.143. The Bertz CT molecular complexity index is 687. The Morgan fingerprint density at radius 1 is 1.41 bits per heavy atom. The molecule has 0 saturated heterocycles. The number of carboxylic acid groups (broad SMARTS) is 1. The number of aromatic nitrogens is 1. The zero-order valence-electron chi connectivity index (χ0n) is 12.4. The van der Waals surface area contributed by atoms with Crippen LogP contribution in [0.4, 0.5) is 0 Å². The van der Waals surface area contributed by atoms with Crippen molar-refractivity contribution in [3.63, 3.8) is 0 Å². The zero-order chi connectivity index (χ0) is 15.5. The fourth-order valence-corrected chi connectivity index (χ4v) is 2.79. The van der Waals surface area contributed by atoms with Crippen molar-refractivity contribution in [1.82, 2.24) is 9.88 Å². The molecule has 0 radical (unpaired) electrons. The SMILES string of the molecule is Cc1ccnc(CN2CCOc3ccccc3C2C(=O)O)c1. The molecule has 1 aliphatic heterocycles. The number of nitrogens with zero attached hydrogens (tertiary/aromatic N) is 2. The van der Waals surface area contributed by atoms with E-state index in [0.29, 0.717) is 31.0 Å². The zero-order valence-corrected chi connectivity index (χ0v) is 12.4. The molecule has 0 amide bonds. The lowest BCUT2D eigenvalue weighted by Crippen LogP contribution is -2.35. The van der Waals surface area contributed by atoms with Crippen LogP contribution in [-0.4, -0.2) is 34.1 Å². The molecule has 1 aromatic carbocycles. The molecule has 3 rings (SSSR count). The van der Waals surface area contributed by atoms with E-state index in [-0.39, 0.29) is 0 Å². The number of carboxylic acids is 1. The van der Waals surface area contributed by atoms with Gasteiger partial charge in [0.15, 0.2) is 0 Å². The van der Waals surface area contributed by atoms with Gasteiger partial charge in [-0.25, -0.2) is 0 Å². The Hall–Kier alpha value is -2.40. The van der Waals surface area contributed by atoms with E-state index in [4.69, 9.17) is 4.74 Å². The van der Waals surface area contributed by atoms with E-state index in [0.717, 1.165) is 11.3 Å². The van der Waals surface area contributed by atoms with Gasteiger partial charge in [0.05, 0.1) is 5.69 Å². The molecule has 5 nitrogen and oxygen atoms in total. The second kappa shape index (κ2) is 6.15. The van der Waals surface area contributed by atoms with Crippen LogP contribution in [0.15, 0.2) is 42.6 Å². The summed E-state index contributed by atoms with van der Waals surface area (Å²) < 4.78 is 5.70. The molecule has 2 heterocycles. The predicted molar refractivity (Wildman–Crippen MR) is 81.7 cm³/mol. The number of hydrogen-bond acceptors (Lipinski definition) is 4. The summed E-state index contributed by atoms with van der Waals surface area (Å²) >= 11 is 0. The minimum atomic E-state index is -0.870. The molecule has 1 atom stereocenters. The van der Waals surface area contributed by atoms with Crippen molar-refractivity contribution in [2.75, 3.05) is 13.2 Å². The quantitative estimate of drug-likeness (QED) is 0.943. The smallest absolute Gasteiger partial charge is 0.325 e. The van der Waals surface area contributed by atoms with Gasteiger partial charge in [-0.1, -0.05) is 18.2 Å². The summed E-state index contributed by atoms with van der Waals surface area (Å²) in [6, 6.07) is 10.5. The minimum absolute atomic E-state index is 0.465. The molecule has 0 aliphatic carbocycles. The second-order valence-electron chi connectivity index (χ2n) is 5.42. The van der Waals surface area contributed by atoms with E-state index in [1.807, 2.05) is 48.2 Å².